The largest absolute Gasteiger partial charge is 0.0616 e. The molecule has 0 nitrogen and oxygen atoms in total. The van der Waals surface area contributed by atoms with Gasteiger partial charge in [-0.05, 0) is 294 Å². The van der Waals surface area contributed by atoms with E-state index >= 15 is 0 Å². The topological polar surface area (TPSA) is 0 Å². The van der Waals surface area contributed by atoms with Crippen molar-refractivity contribution in [2.24, 2.45) is 0 Å². The van der Waals surface area contributed by atoms with Crippen LogP contribution >= 0.6 is 0 Å². The van der Waals surface area contributed by atoms with Gasteiger partial charge in [-0.2, -0.15) is 0 Å². The van der Waals surface area contributed by atoms with Crippen molar-refractivity contribution in [3.63, 3.8) is 0 Å². The lowest BCUT2D eigenvalue weighted by Crippen LogP contribution is -1.86. The Labute approximate surface area is 737 Å². The number of rotatable bonds is 1. The average molecular weight is 1610 g/mol. The van der Waals surface area contributed by atoms with Gasteiger partial charge in [-0.25, -0.2) is 0 Å². The SMILES string of the molecule is Cc1ccc2c(c1)c1ccc(C)cc1c1ccc(C)cc21.Cc1ccc2c3ccc(C)cc3c3cc(C)ccc3c2c1.Cc1ccc2c3ccc(C)cc3c3ccccc3c2c1.Cc1ccc2c3ccccc3c3ccc(C)cc3c2c1.Cc1ccc2c3ccccc3c3ccccc3c2c1.Cc1cccc(-c2ccc3c4ccccc4c4ccccc4c3c2)c1. The molecule has 0 heteroatoms. The lowest BCUT2D eigenvalue weighted by atomic mass is 9.92. The van der Waals surface area contributed by atoms with Gasteiger partial charge in [0, 0.05) is 0 Å². The first-order valence-electron chi connectivity index (χ1n) is 44.4. The highest BCUT2D eigenvalue weighted by molar-refractivity contribution is 6.31. The molecule has 0 aliphatic heterocycles. The number of aryl methyl sites for hydroxylation is 12. The van der Waals surface area contributed by atoms with Gasteiger partial charge in [-0.1, -0.05) is 449 Å². The summed E-state index contributed by atoms with van der Waals surface area (Å²) in [6.45, 7) is 25.9. The summed E-state index contributed by atoms with van der Waals surface area (Å²) in [4.78, 5) is 0. The fourth-order valence-corrected chi connectivity index (χ4v) is 20.0. The van der Waals surface area contributed by atoms with E-state index in [0.29, 0.717) is 0 Å². The summed E-state index contributed by atoms with van der Waals surface area (Å²) in [5, 5.41) is 48.6. The Hall–Kier alpha value is -14.8. The van der Waals surface area contributed by atoms with Crippen LogP contribution in [0.3, 0.4) is 0 Å². The molecule has 0 bridgehead atoms. The van der Waals surface area contributed by atoms with Crippen molar-refractivity contribution >= 4 is 194 Å². The fourth-order valence-electron chi connectivity index (χ4n) is 20.0. The maximum absolute atomic E-state index is 2.35. The third kappa shape index (κ3) is 14.9. The summed E-state index contributed by atoms with van der Waals surface area (Å²) in [5.41, 5.74) is 18.3. The normalized spacial score (nSPS) is 11.5. The van der Waals surface area contributed by atoms with Crippen LogP contribution in [0.4, 0.5) is 0 Å². The van der Waals surface area contributed by atoms with Crippen molar-refractivity contribution in [2.45, 2.75) is 83.1 Å². The Bertz CT molecular complexity index is 8300. The van der Waals surface area contributed by atoms with E-state index in [1.807, 2.05) is 0 Å². The smallest absolute Gasteiger partial charge is 0.00928 e. The Morgan fingerprint density at radius 1 is 0.0794 bits per heavy atom. The standard InChI is InChI=1S/C25H18.2C21H18.2C20H16.C19H14/c1-17-7-6-8-18(15-17)19-13-14-24-22-11-3-2-9-20(22)21-10-4-5-12-23(21)25(24)16-19;1-13-4-7-16-19(10-13)17-8-5-14(2)12-21(17)18-9-6-15(3)11-20(16)18;1-13-4-7-16-17-8-5-14(2)11-20(17)21-12-15(3)6-9-18(21)19(16)10-13;1-13-7-9-17-18-10-8-14(2)12-20(18)16-6-4-3-5-15(16)19(17)11-13;1-13-7-9-17-15-5-3-4-6-16(15)18-10-8-14(2)12-20(18)19(17)11-13;1-13-10-11-18-16-8-3-2-6-14(16)15-7-4-5-9-17(15)19(18)12-13/h2-16H,1H3;2*4-12H,1-3H3;2*3-12H,1-2H3;2-12H,1H3. The first-order valence-corrected chi connectivity index (χ1v) is 44.4. The van der Waals surface area contributed by atoms with Crippen LogP contribution in [-0.4, -0.2) is 0 Å². The molecular formula is C126H100. The third-order valence-corrected chi connectivity index (χ3v) is 26.1. The van der Waals surface area contributed by atoms with Crippen LogP contribution in [0.15, 0.2) is 388 Å². The van der Waals surface area contributed by atoms with Gasteiger partial charge in [0.15, 0.2) is 0 Å². The van der Waals surface area contributed by atoms with Crippen LogP contribution in [0.1, 0.15) is 66.8 Å². The summed E-state index contributed by atoms with van der Waals surface area (Å²) in [5.74, 6) is 0. The van der Waals surface area contributed by atoms with Crippen LogP contribution in [0.2, 0.25) is 0 Å². The maximum atomic E-state index is 2.35. The molecule has 0 unspecified atom stereocenters. The molecule has 25 aromatic carbocycles. The summed E-state index contributed by atoms with van der Waals surface area (Å²) < 4.78 is 0. The summed E-state index contributed by atoms with van der Waals surface area (Å²) >= 11 is 0. The van der Waals surface area contributed by atoms with E-state index in [4.69, 9.17) is 0 Å². The van der Waals surface area contributed by atoms with E-state index in [-0.39, 0.29) is 0 Å². The molecule has 0 aromatic heterocycles. The van der Waals surface area contributed by atoms with Gasteiger partial charge >= 0.3 is 0 Å². The van der Waals surface area contributed by atoms with Gasteiger partial charge in [0.25, 0.3) is 0 Å². The van der Waals surface area contributed by atoms with Crippen LogP contribution < -0.4 is 0 Å². The van der Waals surface area contributed by atoms with E-state index < -0.39 is 0 Å². The molecule has 0 atom stereocenters. The molecule has 604 valence electrons. The minimum atomic E-state index is 1.27. The van der Waals surface area contributed by atoms with Gasteiger partial charge in [-0.15, -0.1) is 0 Å². The van der Waals surface area contributed by atoms with Crippen molar-refractivity contribution in [1.29, 1.82) is 0 Å². The molecule has 0 aliphatic carbocycles. The van der Waals surface area contributed by atoms with Crippen molar-refractivity contribution in [2.75, 3.05) is 0 Å². The van der Waals surface area contributed by atoms with Crippen molar-refractivity contribution < 1.29 is 0 Å². The van der Waals surface area contributed by atoms with E-state index in [9.17, 15) is 0 Å². The molecule has 0 aliphatic rings. The Kier molecular flexibility index (Phi) is 20.9. The zero-order chi connectivity index (χ0) is 86.1. The minimum absolute atomic E-state index is 1.27. The molecule has 25 rings (SSSR count). The van der Waals surface area contributed by atoms with Gasteiger partial charge in [0.1, 0.15) is 0 Å². The highest BCUT2D eigenvalue weighted by Crippen LogP contribution is 2.44. The Morgan fingerprint density at radius 3 is 0.373 bits per heavy atom. The molecule has 0 fully saturated rings. The van der Waals surface area contributed by atoms with E-state index in [2.05, 4.69) is 471 Å². The van der Waals surface area contributed by atoms with Gasteiger partial charge in [0.2, 0.25) is 0 Å². The number of fused-ring (bicyclic) bond motifs is 36. The molecule has 0 N–H and O–H groups in total. The summed E-state index contributed by atoms with van der Waals surface area (Å²) in [6.07, 6.45) is 0. The van der Waals surface area contributed by atoms with Crippen LogP contribution in [0, 0.1) is 83.1 Å². The maximum Gasteiger partial charge on any atom is -0.00928 e. The minimum Gasteiger partial charge on any atom is -0.0616 e. The van der Waals surface area contributed by atoms with Crippen LogP contribution in [0.25, 0.3) is 205 Å². The van der Waals surface area contributed by atoms with Crippen molar-refractivity contribution in [3.05, 3.63) is 455 Å². The van der Waals surface area contributed by atoms with E-state index in [0.717, 1.165) is 0 Å². The molecular weight excluding hydrogens is 1510 g/mol. The molecule has 0 amide bonds. The van der Waals surface area contributed by atoms with E-state index in [1.165, 1.54) is 272 Å². The molecule has 0 saturated heterocycles. The second-order valence-electron chi connectivity index (χ2n) is 35.4. The third-order valence-electron chi connectivity index (χ3n) is 26.1. The van der Waals surface area contributed by atoms with Gasteiger partial charge in [0.05, 0.1) is 0 Å². The lowest BCUT2D eigenvalue weighted by molar-refractivity contribution is 1.47. The Balaban J connectivity index is 0.0000000956. The van der Waals surface area contributed by atoms with Gasteiger partial charge < -0.3 is 0 Å². The molecule has 25 aromatic rings. The average Bonchev–Trinajstić information content (AvgIpc) is 0.770. The first kappa shape index (κ1) is 79.6. The second kappa shape index (κ2) is 33.1. The number of benzene rings is 25. The Morgan fingerprint density at radius 2 is 0.198 bits per heavy atom. The highest BCUT2D eigenvalue weighted by atomic mass is 14.2. The highest BCUT2D eigenvalue weighted by Gasteiger charge is 2.17. The van der Waals surface area contributed by atoms with Crippen molar-refractivity contribution in [3.8, 4) is 11.1 Å². The fraction of sp³-hybridized carbons (Fsp3) is 0.0952. The molecule has 0 radical (unpaired) electrons. The second-order valence-corrected chi connectivity index (χ2v) is 35.4. The van der Waals surface area contributed by atoms with Crippen molar-refractivity contribution in [1.82, 2.24) is 0 Å². The lowest BCUT2D eigenvalue weighted by Gasteiger charge is -2.12. The molecule has 126 heavy (non-hydrogen) atoms. The van der Waals surface area contributed by atoms with E-state index in [1.54, 1.807) is 0 Å². The molecule has 0 saturated carbocycles. The van der Waals surface area contributed by atoms with Crippen LogP contribution in [-0.2, 0) is 0 Å². The first-order chi connectivity index (χ1) is 61.4. The molecule has 0 spiro atoms. The number of hydrogen-bond donors (Lipinski definition) is 0. The van der Waals surface area contributed by atoms with Gasteiger partial charge in [-0.3, -0.25) is 0 Å². The zero-order valence-electron chi connectivity index (χ0n) is 74.0. The monoisotopic (exact) mass is 1610 g/mol. The zero-order valence-corrected chi connectivity index (χ0v) is 74.0. The predicted molar refractivity (Wildman–Crippen MR) is 556 cm³/mol. The predicted octanol–water partition coefficient (Wildman–Crippen LogP) is 36.2. The summed E-state index contributed by atoms with van der Waals surface area (Å²) in [6, 6.07) is 142. The number of hydrogen-bond acceptors (Lipinski definition) is 0. The summed E-state index contributed by atoms with van der Waals surface area (Å²) in [7, 11) is 0. The quantitative estimate of drug-likeness (QED) is 0.144. The van der Waals surface area contributed by atoms with Crippen LogP contribution in [0.5, 0.6) is 0 Å². The molecule has 0 heterocycles.